The largest absolute Gasteiger partial charge is 0.481 e. The van der Waals surface area contributed by atoms with Crippen LogP contribution < -0.4 is 0 Å². The second-order valence-corrected chi connectivity index (χ2v) is 4.67. The van der Waals surface area contributed by atoms with Gasteiger partial charge in [0.2, 0.25) is 11.8 Å². The minimum absolute atomic E-state index is 0.00645. The Labute approximate surface area is 111 Å². The Balaban J connectivity index is 2.30. The zero-order valence-corrected chi connectivity index (χ0v) is 11.2. The molecule has 0 saturated heterocycles. The topological polar surface area (TPSA) is 76.2 Å². The molecule has 0 unspecified atom stereocenters. The van der Waals surface area contributed by atoms with Gasteiger partial charge in [0.1, 0.15) is 0 Å². The maximum absolute atomic E-state index is 10.5. The summed E-state index contributed by atoms with van der Waals surface area (Å²) in [4.78, 5) is 10.5. The smallest absolute Gasteiger partial charge is 0.303 e. The summed E-state index contributed by atoms with van der Waals surface area (Å²) in [6.45, 7) is 6.03. The summed E-state index contributed by atoms with van der Waals surface area (Å²) in [5.41, 5.74) is 4.26. The highest BCUT2D eigenvalue weighted by Crippen LogP contribution is 2.27. The van der Waals surface area contributed by atoms with Crippen molar-refractivity contribution in [3.63, 3.8) is 0 Å². The summed E-state index contributed by atoms with van der Waals surface area (Å²) in [6, 6.07) is 4.12. The van der Waals surface area contributed by atoms with Crippen molar-refractivity contribution in [2.45, 2.75) is 33.6 Å². The number of hydrogen-bond acceptors (Lipinski definition) is 4. The molecule has 2 rings (SSSR count). The predicted octanol–water partition coefficient (Wildman–Crippen LogP) is 2.68. The molecule has 5 nitrogen and oxygen atoms in total. The van der Waals surface area contributed by atoms with E-state index in [-0.39, 0.29) is 12.8 Å². The minimum atomic E-state index is -0.873. The fourth-order valence-corrected chi connectivity index (χ4v) is 2.19. The van der Waals surface area contributed by atoms with Crippen LogP contribution in [-0.2, 0) is 11.2 Å². The van der Waals surface area contributed by atoms with Gasteiger partial charge in [0, 0.05) is 12.0 Å². The fourth-order valence-electron chi connectivity index (χ4n) is 2.19. The summed E-state index contributed by atoms with van der Waals surface area (Å²) in [6.07, 6.45) is 0.250. The third-order valence-corrected chi connectivity index (χ3v) is 2.91. The van der Waals surface area contributed by atoms with E-state index in [1.807, 2.05) is 20.8 Å². The number of rotatable bonds is 4. The zero-order valence-electron chi connectivity index (χ0n) is 11.2. The Morgan fingerprint density at radius 3 is 2.42 bits per heavy atom. The third kappa shape index (κ3) is 2.99. The van der Waals surface area contributed by atoms with Crippen molar-refractivity contribution >= 4 is 5.97 Å². The number of aryl methyl sites for hydroxylation is 4. The molecule has 1 heterocycles. The van der Waals surface area contributed by atoms with Crippen LogP contribution in [0.25, 0.3) is 11.5 Å². The highest BCUT2D eigenvalue weighted by molar-refractivity contribution is 5.67. The van der Waals surface area contributed by atoms with E-state index in [2.05, 4.69) is 22.3 Å². The molecule has 5 heteroatoms. The van der Waals surface area contributed by atoms with Gasteiger partial charge in [-0.25, -0.2) is 0 Å². The van der Waals surface area contributed by atoms with Gasteiger partial charge in [0.25, 0.3) is 0 Å². The molecule has 0 radical (unpaired) electrons. The Morgan fingerprint density at radius 2 is 1.84 bits per heavy atom. The molecule has 0 aliphatic rings. The van der Waals surface area contributed by atoms with Crippen LogP contribution in [0, 0.1) is 20.8 Å². The van der Waals surface area contributed by atoms with Gasteiger partial charge in [0.15, 0.2) is 0 Å². The molecule has 0 atom stereocenters. The molecule has 19 heavy (non-hydrogen) atoms. The molecule has 0 bridgehead atoms. The highest BCUT2D eigenvalue weighted by Gasteiger charge is 2.14. The normalized spacial score (nSPS) is 10.7. The number of aromatic nitrogens is 2. The van der Waals surface area contributed by atoms with Crippen LogP contribution in [0.2, 0.25) is 0 Å². The Hall–Kier alpha value is -2.17. The second-order valence-electron chi connectivity index (χ2n) is 4.67. The quantitative estimate of drug-likeness (QED) is 0.914. The van der Waals surface area contributed by atoms with Crippen molar-refractivity contribution in [1.29, 1.82) is 0 Å². The fraction of sp³-hybridized carbons (Fsp3) is 0.357. The lowest BCUT2D eigenvalue weighted by Gasteiger charge is -2.06. The average molecular weight is 260 g/mol. The van der Waals surface area contributed by atoms with E-state index in [4.69, 9.17) is 9.52 Å². The molecule has 100 valence electrons. The first-order valence-corrected chi connectivity index (χ1v) is 6.10. The number of carbonyl (C=O) groups is 1. The van der Waals surface area contributed by atoms with Gasteiger partial charge in [-0.05, 0) is 31.9 Å². The lowest BCUT2D eigenvalue weighted by atomic mass is 10.00. The minimum Gasteiger partial charge on any atom is -0.481 e. The van der Waals surface area contributed by atoms with Gasteiger partial charge in [-0.3, -0.25) is 4.79 Å². The molecule has 0 aliphatic carbocycles. The third-order valence-electron chi connectivity index (χ3n) is 2.91. The molecule has 0 saturated carbocycles. The summed E-state index contributed by atoms with van der Waals surface area (Å²) in [7, 11) is 0. The number of nitrogens with zero attached hydrogens (tertiary/aromatic N) is 2. The molecule has 0 fully saturated rings. The predicted molar refractivity (Wildman–Crippen MR) is 69.9 cm³/mol. The van der Waals surface area contributed by atoms with Crippen LogP contribution in [0.5, 0.6) is 0 Å². The Bertz CT molecular complexity index is 594. The van der Waals surface area contributed by atoms with E-state index in [1.54, 1.807) is 0 Å². The summed E-state index contributed by atoms with van der Waals surface area (Å²) in [5.74, 6) is -0.0605. The van der Waals surface area contributed by atoms with Gasteiger partial charge in [0.05, 0.1) is 6.42 Å². The summed E-state index contributed by atoms with van der Waals surface area (Å²) in [5, 5.41) is 16.5. The van der Waals surface area contributed by atoms with Gasteiger partial charge in [-0.2, -0.15) is 0 Å². The Morgan fingerprint density at radius 1 is 1.21 bits per heavy atom. The summed E-state index contributed by atoms with van der Waals surface area (Å²) < 4.78 is 5.54. The molecule has 1 N–H and O–H groups in total. The molecule has 0 spiro atoms. The lowest BCUT2D eigenvalue weighted by molar-refractivity contribution is -0.137. The zero-order chi connectivity index (χ0) is 14.0. The van der Waals surface area contributed by atoms with Gasteiger partial charge < -0.3 is 9.52 Å². The van der Waals surface area contributed by atoms with E-state index in [0.29, 0.717) is 11.8 Å². The van der Waals surface area contributed by atoms with E-state index in [0.717, 1.165) is 16.7 Å². The number of carboxylic acids is 1. The van der Waals surface area contributed by atoms with Crippen LogP contribution in [0.1, 0.15) is 29.0 Å². The first-order valence-electron chi connectivity index (χ1n) is 6.10. The van der Waals surface area contributed by atoms with Gasteiger partial charge >= 0.3 is 5.97 Å². The van der Waals surface area contributed by atoms with Crippen molar-refractivity contribution < 1.29 is 14.3 Å². The molecular weight excluding hydrogens is 244 g/mol. The first kappa shape index (κ1) is 13.3. The van der Waals surface area contributed by atoms with Crippen molar-refractivity contribution in [2.24, 2.45) is 0 Å². The molecule has 1 aromatic carbocycles. The first-order chi connectivity index (χ1) is 8.97. The van der Waals surface area contributed by atoms with E-state index in [9.17, 15) is 4.79 Å². The molecule has 0 aliphatic heterocycles. The van der Waals surface area contributed by atoms with Crippen molar-refractivity contribution in [2.75, 3.05) is 0 Å². The number of benzene rings is 1. The van der Waals surface area contributed by atoms with E-state index >= 15 is 0 Å². The highest BCUT2D eigenvalue weighted by atomic mass is 16.4. The van der Waals surface area contributed by atoms with Crippen molar-refractivity contribution in [3.05, 3.63) is 34.7 Å². The molecule has 0 amide bonds. The standard InChI is InChI=1S/C14H16N2O3/c1-8-6-9(2)13(10(3)7-8)14-16-15-11(19-14)4-5-12(17)18/h6-7H,4-5H2,1-3H3,(H,17,18). The van der Waals surface area contributed by atoms with Crippen LogP contribution in [0.15, 0.2) is 16.5 Å². The monoisotopic (exact) mass is 260 g/mol. The second kappa shape index (κ2) is 5.22. The van der Waals surface area contributed by atoms with Gasteiger partial charge in [-0.15, -0.1) is 10.2 Å². The molecule has 2 aromatic rings. The van der Waals surface area contributed by atoms with Crippen LogP contribution in [0.3, 0.4) is 0 Å². The maximum Gasteiger partial charge on any atom is 0.303 e. The van der Waals surface area contributed by atoms with E-state index < -0.39 is 5.97 Å². The van der Waals surface area contributed by atoms with Crippen molar-refractivity contribution in [3.8, 4) is 11.5 Å². The Kier molecular flexibility index (Phi) is 3.64. The van der Waals surface area contributed by atoms with Crippen LogP contribution in [0.4, 0.5) is 0 Å². The SMILES string of the molecule is Cc1cc(C)c(-c2nnc(CCC(=O)O)o2)c(C)c1. The lowest BCUT2D eigenvalue weighted by Crippen LogP contribution is -1.97. The average Bonchev–Trinajstić information content (AvgIpc) is 2.73. The van der Waals surface area contributed by atoms with E-state index in [1.165, 1.54) is 5.56 Å². The molecular formula is C14H16N2O3. The maximum atomic E-state index is 10.5. The summed E-state index contributed by atoms with van der Waals surface area (Å²) >= 11 is 0. The van der Waals surface area contributed by atoms with Crippen LogP contribution >= 0.6 is 0 Å². The molecule has 1 aromatic heterocycles. The number of hydrogen-bond donors (Lipinski definition) is 1. The van der Waals surface area contributed by atoms with Crippen molar-refractivity contribution in [1.82, 2.24) is 10.2 Å². The number of aliphatic carboxylic acids is 1. The van der Waals surface area contributed by atoms with Crippen LogP contribution in [-0.4, -0.2) is 21.3 Å². The van der Waals surface area contributed by atoms with Gasteiger partial charge in [-0.1, -0.05) is 17.7 Å². The number of carboxylic acid groups (broad SMARTS) is 1.